The highest BCUT2D eigenvalue weighted by molar-refractivity contribution is 5.51. The molecule has 0 saturated carbocycles. The van der Waals surface area contributed by atoms with E-state index in [0.29, 0.717) is 11.5 Å². The average Bonchev–Trinajstić information content (AvgIpc) is 2.26. The molecule has 100 valence electrons. The van der Waals surface area contributed by atoms with Gasteiger partial charge in [0.15, 0.2) is 0 Å². The van der Waals surface area contributed by atoms with Crippen LogP contribution in [0.1, 0.15) is 40.5 Å². The first-order chi connectivity index (χ1) is 8.28. The maximum Gasteiger partial charge on any atom is 0.271 e. The Bertz CT molecular complexity index is 411. The number of hydrogen-bond acceptors (Lipinski definition) is 3. The fourth-order valence-corrected chi connectivity index (χ4v) is 1.72. The van der Waals surface area contributed by atoms with Gasteiger partial charge in [0, 0.05) is 23.9 Å². The van der Waals surface area contributed by atoms with Crippen LogP contribution in [-0.2, 0) is 0 Å². The van der Waals surface area contributed by atoms with Crippen LogP contribution in [0.3, 0.4) is 0 Å². The Morgan fingerprint density at radius 1 is 1.39 bits per heavy atom. The molecule has 0 heterocycles. The Morgan fingerprint density at radius 2 is 2.06 bits per heavy atom. The van der Waals surface area contributed by atoms with Crippen LogP contribution in [0, 0.1) is 15.5 Å². The molecule has 1 atom stereocenters. The summed E-state index contributed by atoms with van der Waals surface area (Å²) in [5.74, 6) is 0. The second kappa shape index (κ2) is 5.85. The number of anilines is 1. The third-order valence-electron chi connectivity index (χ3n) is 2.80. The van der Waals surface area contributed by atoms with Crippen molar-refractivity contribution < 1.29 is 4.92 Å². The molecule has 18 heavy (non-hydrogen) atoms. The fourth-order valence-electron chi connectivity index (χ4n) is 1.72. The first-order valence-corrected chi connectivity index (χ1v) is 6.29. The molecule has 0 aliphatic carbocycles. The summed E-state index contributed by atoms with van der Waals surface area (Å²) in [6.07, 6.45) is 2.17. The third kappa shape index (κ3) is 5.17. The lowest BCUT2D eigenvalue weighted by Gasteiger charge is -2.22. The van der Waals surface area contributed by atoms with Gasteiger partial charge in [-0.25, -0.2) is 0 Å². The molecule has 0 bridgehead atoms. The number of rotatable bonds is 5. The average molecular weight is 250 g/mol. The topological polar surface area (TPSA) is 55.2 Å². The highest BCUT2D eigenvalue weighted by Crippen LogP contribution is 2.23. The Kier molecular flexibility index (Phi) is 4.70. The molecule has 1 aromatic carbocycles. The van der Waals surface area contributed by atoms with Crippen LogP contribution in [0.15, 0.2) is 24.3 Å². The zero-order valence-corrected chi connectivity index (χ0v) is 11.6. The summed E-state index contributed by atoms with van der Waals surface area (Å²) < 4.78 is 0. The largest absolute Gasteiger partial charge is 0.382 e. The monoisotopic (exact) mass is 250 g/mol. The standard InChI is InChI=1S/C14H22N2O2/c1-11(8-9-14(2,3)4)15-12-6-5-7-13(10-12)16(17)18/h5-7,10-11,15H,8-9H2,1-4H3. The van der Waals surface area contributed by atoms with Gasteiger partial charge in [-0.15, -0.1) is 0 Å². The van der Waals surface area contributed by atoms with Gasteiger partial charge in [-0.3, -0.25) is 10.1 Å². The molecule has 0 spiro atoms. The number of nitro groups is 1. The van der Waals surface area contributed by atoms with Gasteiger partial charge >= 0.3 is 0 Å². The molecule has 0 aliphatic rings. The molecule has 1 aromatic rings. The van der Waals surface area contributed by atoms with Crippen molar-refractivity contribution in [1.82, 2.24) is 0 Å². The van der Waals surface area contributed by atoms with Crippen molar-refractivity contribution in [2.75, 3.05) is 5.32 Å². The highest BCUT2D eigenvalue weighted by atomic mass is 16.6. The summed E-state index contributed by atoms with van der Waals surface area (Å²) in [6.45, 7) is 8.75. The van der Waals surface area contributed by atoms with E-state index in [9.17, 15) is 10.1 Å². The molecule has 1 rings (SSSR count). The number of nitrogens with zero attached hydrogens (tertiary/aromatic N) is 1. The molecule has 0 aliphatic heterocycles. The lowest BCUT2D eigenvalue weighted by atomic mass is 9.89. The summed E-state index contributed by atoms with van der Waals surface area (Å²) in [5, 5.41) is 14.0. The Hall–Kier alpha value is -1.58. The summed E-state index contributed by atoms with van der Waals surface area (Å²) in [4.78, 5) is 10.3. The number of nitrogens with one attached hydrogen (secondary N) is 1. The smallest absolute Gasteiger partial charge is 0.271 e. The van der Waals surface area contributed by atoms with E-state index in [-0.39, 0.29) is 10.6 Å². The minimum absolute atomic E-state index is 0.128. The molecular formula is C14H22N2O2. The second-order valence-corrected chi connectivity index (χ2v) is 5.95. The fraction of sp³-hybridized carbons (Fsp3) is 0.571. The minimum atomic E-state index is -0.370. The molecule has 0 aromatic heterocycles. The Balaban J connectivity index is 2.56. The highest BCUT2D eigenvalue weighted by Gasteiger charge is 2.13. The Labute approximate surface area is 109 Å². The van der Waals surface area contributed by atoms with Gasteiger partial charge in [0.2, 0.25) is 0 Å². The number of benzene rings is 1. The molecule has 0 amide bonds. The van der Waals surface area contributed by atoms with Gasteiger partial charge in [0.1, 0.15) is 0 Å². The lowest BCUT2D eigenvalue weighted by Crippen LogP contribution is -2.18. The number of non-ortho nitro benzene ring substituents is 1. The zero-order valence-electron chi connectivity index (χ0n) is 11.6. The van der Waals surface area contributed by atoms with E-state index in [1.54, 1.807) is 12.1 Å². The summed E-state index contributed by atoms with van der Waals surface area (Å²) in [5.41, 5.74) is 1.26. The normalized spacial score (nSPS) is 13.1. The van der Waals surface area contributed by atoms with Gasteiger partial charge in [0.25, 0.3) is 5.69 Å². The van der Waals surface area contributed by atoms with Crippen molar-refractivity contribution in [2.45, 2.75) is 46.6 Å². The van der Waals surface area contributed by atoms with Crippen molar-refractivity contribution in [2.24, 2.45) is 5.41 Å². The molecule has 0 fully saturated rings. The van der Waals surface area contributed by atoms with Crippen LogP contribution >= 0.6 is 0 Å². The third-order valence-corrected chi connectivity index (χ3v) is 2.80. The molecule has 4 heteroatoms. The first kappa shape index (κ1) is 14.5. The van der Waals surface area contributed by atoms with Crippen molar-refractivity contribution in [3.63, 3.8) is 0 Å². The van der Waals surface area contributed by atoms with E-state index in [4.69, 9.17) is 0 Å². The maximum absolute atomic E-state index is 10.7. The minimum Gasteiger partial charge on any atom is -0.382 e. The van der Waals surface area contributed by atoms with Crippen molar-refractivity contribution in [3.05, 3.63) is 34.4 Å². The molecule has 1 N–H and O–H groups in total. The van der Waals surface area contributed by atoms with Crippen LogP contribution in [0.4, 0.5) is 11.4 Å². The predicted octanol–water partition coefficient (Wildman–Crippen LogP) is 4.22. The summed E-state index contributed by atoms with van der Waals surface area (Å²) in [6, 6.07) is 6.96. The van der Waals surface area contributed by atoms with E-state index in [1.807, 2.05) is 6.07 Å². The van der Waals surface area contributed by atoms with Crippen molar-refractivity contribution >= 4 is 11.4 Å². The van der Waals surface area contributed by atoms with Crippen LogP contribution in [-0.4, -0.2) is 11.0 Å². The summed E-state index contributed by atoms with van der Waals surface area (Å²) >= 11 is 0. The van der Waals surface area contributed by atoms with Crippen LogP contribution in [0.25, 0.3) is 0 Å². The second-order valence-electron chi connectivity index (χ2n) is 5.95. The van der Waals surface area contributed by atoms with Crippen molar-refractivity contribution in [1.29, 1.82) is 0 Å². The quantitative estimate of drug-likeness (QED) is 0.628. The first-order valence-electron chi connectivity index (χ1n) is 6.29. The van der Waals surface area contributed by atoms with Gasteiger partial charge in [-0.05, 0) is 31.2 Å². The van der Waals surface area contributed by atoms with Gasteiger partial charge in [-0.2, -0.15) is 0 Å². The van der Waals surface area contributed by atoms with Crippen molar-refractivity contribution in [3.8, 4) is 0 Å². The molecule has 0 radical (unpaired) electrons. The lowest BCUT2D eigenvalue weighted by molar-refractivity contribution is -0.384. The van der Waals surface area contributed by atoms with Crippen LogP contribution < -0.4 is 5.32 Å². The summed E-state index contributed by atoms with van der Waals surface area (Å²) in [7, 11) is 0. The Morgan fingerprint density at radius 3 is 2.61 bits per heavy atom. The molecular weight excluding hydrogens is 228 g/mol. The van der Waals surface area contributed by atoms with Gasteiger partial charge in [0.05, 0.1) is 4.92 Å². The van der Waals surface area contributed by atoms with E-state index in [0.717, 1.165) is 18.5 Å². The molecule has 0 saturated heterocycles. The van der Waals surface area contributed by atoms with Gasteiger partial charge < -0.3 is 5.32 Å². The van der Waals surface area contributed by atoms with E-state index < -0.39 is 0 Å². The molecule has 1 unspecified atom stereocenters. The van der Waals surface area contributed by atoms with E-state index in [1.165, 1.54) is 6.07 Å². The zero-order chi connectivity index (χ0) is 13.8. The predicted molar refractivity (Wildman–Crippen MR) is 74.9 cm³/mol. The molecule has 4 nitrogen and oxygen atoms in total. The maximum atomic E-state index is 10.7. The number of nitro benzene ring substituents is 1. The SMILES string of the molecule is CC(CCC(C)(C)C)Nc1cccc([N+](=O)[O-])c1. The van der Waals surface area contributed by atoms with Gasteiger partial charge in [-0.1, -0.05) is 26.8 Å². The number of hydrogen-bond donors (Lipinski definition) is 1. The van der Waals surface area contributed by atoms with E-state index >= 15 is 0 Å². The van der Waals surface area contributed by atoms with Crippen LogP contribution in [0.5, 0.6) is 0 Å². The van der Waals surface area contributed by atoms with E-state index in [2.05, 4.69) is 33.0 Å². The van der Waals surface area contributed by atoms with Crippen LogP contribution in [0.2, 0.25) is 0 Å².